The van der Waals surface area contributed by atoms with Gasteiger partial charge >= 0.3 is 12.1 Å². The van der Waals surface area contributed by atoms with E-state index >= 15 is 0 Å². The molecule has 0 aliphatic carbocycles. The number of alkyl carbamates (subject to hydrolysis) is 1. The smallest absolute Gasteiger partial charge is 0.407 e. The van der Waals surface area contributed by atoms with E-state index in [2.05, 4.69) is 5.32 Å². The second-order valence-electron chi connectivity index (χ2n) is 10.2. The van der Waals surface area contributed by atoms with Gasteiger partial charge in [-0.1, -0.05) is 50.2 Å². The Morgan fingerprint density at radius 3 is 2.38 bits per heavy atom. The van der Waals surface area contributed by atoms with E-state index in [1.54, 1.807) is 44.4 Å². The van der Waals surface area contributed by atoms with Crippen molar-refractivity contribution in [3.8, 4) is 11.1 Å². The lowest BCUT2D eigenvalue weighted by Gasteiger charge is -2.23. The van der Waals surface area contributed by atoms with E-state index in [9.17, 15) is 14.4 Å². The molecule has 0 atom stereocenters. The predicted molar refractivity (Wildman–Crippen MR) is 147 cm³/mol. The molecular formula is C30H36N2O5. The number of aromatic nitrogens is 1. The Labute approximate surface area is 218 Å². The quantitative estimate of drug-likeness (QED) is 0.304. The van der Waals surface area contributed by atoms with Gasteiger partial charge in [0.25, 0.3) is 5.56 Å². The zero-order valence-corrected chi connectivity index (χ0v) is 22.5. The number of ether oxygens (including phenoxy) is 2. The van der Waals surface area contributed by atoms with Gasteiger partial charge in [-0.15, -0.1) is 0 Å². The molecule has 0 aliphatic rings. The lowest BCUT2D eigenvalue weighted by Crippen LogP contribution is -2.35. The van der Waals surface area contributed by atoms with Gasteiger partial charge in [-0.3, -0.25) is 4.79 Å². The van der Waals surface area contributed by atoms with Gasteiger partial charge < -0.3 is 19.4 Å². The first-order chi connectivity index (χ1) is 17.5. The van der Waals surface area contributed by atoms with Crippen LogP contribution in [-0.2, 0) is 27.4 Å². The minimum absolute atomic E-state index is 0.111. The molecule has 0 bridgehead atoms. The Kier molecular flexibility index (Phi) is 8.92. The zero-order chi connectivity index (χ0) is 27.2. The Morgan fingerprint density at radius 1 is 1.05 bits per heavy atom. The molecule has 1 amide bonds. The van der Waals surface area contributed by atoms with E-state index < -0.39 is 17.7 Å². The summed E-state index contributed by atoms with van der Waals surface area (Å²) in [4.78, 5) is 38.1. The van der Waals surface area contributed by atoms with E-state index in [0.29, 0.717) is 24.2 Å². The first kappa shape index (κ1) is 27.7. The van der Waals surface area contributed by atoms with E-state index in [-0.39, 0.29) is 18.0 Å². The third kappa shape index (κ3) is 7.32. The molecule has 2 aromatic carbocycles. The summed E-state index contributed by atoms with van der Waals surface area (Å²) in [6, 6.07) is 15.3. The normalized spacial score (nSPS) is 11.8. The number of fused-ring (bicyclic) bond motifs is 1. The van der Waals surface area contributed by atoms with Crippen molar-refractivity contribution in [2.45, 2.75) is 60.2 Å². The third-order valence-corrected chi connectivity index (χ3v) is 5.51. The van der Waals surface area contributed by atoms with Crippen molar-refractivity contribution < 1.29 is 19.1 Å². The van der Waals surface area contributed by atoms with Gasteiger partial charge in [0.1, 0.15) is 5.60 Å². The number of rotatable bonds is 8. The molecule has 37 heavy (non-hydrogen) atoms. The number of carbonyl (C=O) groups excluding carboxylic acids is 2. The van der Waals surface area contributed by atoms with Gasteiger partial charge in [-0.05, 0) is 68.3 Å². The van der Waals surface area contributed by atoms with Gasteiger partial charge in [0.2, 0.25) is 0 Å². The predicted octanol–water partition coefficient (Wildman–Crippen LogP) is 5.93. The van der Waals surface area contributed by atoms with Gasteiger partial charge in [0.05, 0.1) is 13.2 Å². The summed E-state index contributed by atoms with van der Waals surface area (Å²) in [5.74, 6) is -0.230. The minimum Gasteiger partial charge on any atom is -0.463 e. The molecule has 1 heterocycles. The molecule has 0 unspecified atom stereocenters. The Morgan fingerprint density at radius 2 is 1.76 bits per heavy atom. The first-order valence-corrected chi connectivity index (χ1v) is 12.6. The van der Waals surface area contributed by atoms with Crippen molar-refractivity contribution in [3.63, 3.8) is 0 Å². The van der Waals surface area contributed by atoms with Crippen molar-refractivity contribution >= 4 is 28.9 Å². The van der Waals surface area contributed by atoms with Crippen LogP contribution in [0.5, 0.6) is 0 Å². The van der Waals surface area contributed by atoms with Crippen molar-refractivity contribution in [1.29, 1.82) is 0 Å². The highest BCUT2D eigenvalue weighted by Crippen LogP contribution is 2.32. The maximum atomic E-state index is 13.7. The Balaban J connectivity index is 2.25. The number of benzene rings is 2. The number of hydrogen-bond donors (Lipinski definition) is 1. The van der Waals surface area contributed by atoms with Crippen molar-refractivity contribution in [1.82, 2.24) is 9.88 Å². The topological polar surface area (TPSA) is 86.6 Å². The van der Waals surface area contributed by atoms with E-state index in [0.717, 1.165) is 22.1 Å². The second kappa shape index (κ2) is 11.9. The Bertz CT molecular complexity index is 1350. The van der Waals surface area contributed by atoms with Gasteiger partial charge in [-0.25, -0.2) is 9.59 Å². The molecule has 7 nitrogen and oxygen atoms in total. The van der Waals surface area contributed by atoms with E-state index in [4.69, 9.17) is 9.47 Å². The molecule has 0 aliphatic heterocycles. The molecule has 7 heteroatoms. The molecule has 196 valence electrons. The molecule has 3 rings (SSSR count). The number of carbonyl (C=O) groups is 2. The van der Waals surface area contributed by atoms with Crippen LogP contribution in [0.2, 0.25) is 0 Å². The summed E-state index contributed by atoms with van der Waals surface area (Å²) in [6.45, 7) is 12.2. The van der Waals surface area contributed by atoms with Crippen LogP contribution < -0.4 is 10.9 Å². The maximum Gasteiger partial charge on any atom is 0.407 e. The van der Waals surface area contributed by atoms with Crippen molar-refractivity contribution in [2.75, 3.05) is 6.61 Å². The molecular weight excluding hydrogens is 468 g/mol. The summed E-state index contributed by atoms with van der Waals surface area (Å²) in [7, 11) is 0. The number of pyridine rings is 1. The van der Waals surface area contributed by atoms with Crippen LogP contribution in [0.25, 0.3) is 28.0 Å². The highest BCUT2D eigenvalue weighted by molar-refractivity contribution is 5.99. The third-order valence-electron chi connectivity index (χ3n) is 5.51. The SMILES string of the molecule is CCOC(=O)/C=C/c1ccc2c(=O)n(CC(C)C)c(CNC(=O)OC(C)(C)C)c(-c3ccccc3)c2c1. The maximum absolute atomic E-state index is 13.7. The summed E-state index contributed by atoms with van der Waals surface area (Å²) >= 11 is 0. The summed E-state index contributed by atoms with van der Waals surface area (Å²) < 4.78 is 12.2. The molecule has 0 fully saturated rings. The first-order valence-electron chi connectivity index (χ1n) is 12.6. The lowest BCUT2D eigenvalue weighted by atomic mass is 9.94. The molecule has 1 aromatic heterocycles. The van der Waals surface area contributed by atoms with Crippen LogP contribution in [0.4, 0.5) is 4.79 Å². The van der Waals surface area contributed by atoms with Crippen molar-refractivity contribution in [3.05, 3.63) is 76.2 Å². The van der Waals surface area contributed by atoms with E-state index in [1.807, 2.05) is 56.3 Å². The number of nitrogens with one attached hydrogen (secondary N) is 1. The second-order valence-corrected chi connectivity index (χ2v) is 10.2. The standard InChI is InChI=1S/C30H36N2O5/c1-7-36-26(33)16-14-21-13-15-23-24(17-21)27(22-11-9-8-10-12-22)25(32(28(23)34)19-20(2)3)18-31-29(35)37-30(4,5)6/h8-17,20H,7,18-19H2,1-6H3,(H,31,35)/b16-14+. The monoisotopic (exact) mass is 504 g/mol. The molecule has 0 saturated carbocycles. The average Bonchev–Trinajstić information content (AvgIpc) is 2.82. The highest BCUT2D eigenvalue weighted by atomic mass is 16.6. The largest absolute Gasteiger partial charge is 0.463 e. The average molecular weight is 505 g/mol. The highest BCUT2D eigenvalue weighted by Gasteiger charge is 2.21. The fraction of sp³-hybridized carbons (Fsp3) is 0.367. The van der Waals surface area contributed by atoms with Crippen LogP contribution in [0.1, 0.15) is 52.8 Å². The molecule has 0 radical (unpaired) electrons. The van der Waals surface area contributed by atoms with Gasteiger partial charge in [0.15, 0.2) is 0 Å². The van der Waals surface area contributed by atoms with Crippen LogP contribution in [0.15, 0.2) is 59.4 Å². The van der Waals surface area contributed by atoms with E-state index in [1.165, 1.54) is 6.08 Å². The summed E-state index contributed by atoms with van der Waals surface area (Å²) in [6.07, 6.45) is 2.49. The molecule has 0 spiro atoms. The van der Waals surface area contributed by atoms with Gasteiger partial charge in [-0.2, -0.15) is 0 Å². The summed E-state index contributed by atoms with van der Waals surface area (Å²) in [5, 5.41) is 4.15. The Hall–Kier alpha value is -3.87. The number of hydrogen-bond acceptors (Lipinski definition) is 5. The van der Waals surface area contributed by atoms with Crippen LogP contribution >= 0.6 is 0 Å². The summed E-state index contributed by atoms with van der Waals surface area (Å²) in [5.41, 5.74) is 2.42. The van der Waals surface area contributed by atoms with Crippen molar-refractivity contribution in [2.24, 2.45) is 5.92 Å². The fourth-order valence-electron chi connectivity index (χ4n) is 4.11. The molecule has 1 N–H and O–H groups in total. The fourth-order valence-corrected chi connectivity index (χ4v) is 4.11. The molecule has 0 saturated heterocycles. The minimum atomic E-state index is -0.645. The number of nitrogens with zero attached hydrogens (tertiary/aromatic N) is 1. The molecule has 3 aromatic rings. The van der Waals surface area contributed by atoms with Gasteiger partial charge in [0, 0.05) is 29.3 Å². The van der Waals surface area contributed by atoms with Crippen LogP contribution in [0.3, 0.4) is 0 Å². The van der Waals surface area contributed by atoms with Crippen LogP contribution in [0, 0.1) is 5.92 Å². The zero-order valence-electron chi connectivity index (χ0n) is 22.5. The lowest BCUT2D eigenvalue weighted by molar-refractivity contribution is -0.137. The number of amides is 1. The van der Waals surface area contributed by atoms with Crippen LogP contribution in [-0.4, -0.2) is 28.8 Å². The number of esters is 1.